The van der Waals surface area contributed by atoms with Crippen molar-refractivity contribution in [1.82, 2.24) is 9.78 Å². The predicted octanol–water partition coefficient (Wildman–Crippen LogP) is 1.43. The standard InChI is InChI=1S/C12H14FN3O2S/c1-8(14)11-5-9(13)3-4-12(11)16-7-10(6-15-16)19(2,17)18/h3-8H,14H2,1-2H3/t8-/m1/s1. The van der Waals surface area contributed by atoms with Crippen molar-refractivity contribution in [2.45, 2.75) is 17.9 Å². The predicted molar refractivity (Wildman–Crippen MR) is 69.2 cm³/mol. The van der Waals surface area contributed by atoms with E-state index >= 15 is 0 Å². The number of sulfone groups is 1. The van der Waals surface area contributed by atoms with Gasteiger partial charge in [-0.3, -0.25) is 0 Å². The van der Waals surface area contributed by atoms with Gasteiger partial charge in [0.05, 0.1) is 11.9 Å². The second-order valence-corrected chi connectivity index (χ2v) is 6.40. The van der Waals surface area contributed by atoms with Gasteiger partial charge in [-0.2, -0.15) is 5.10 Å². The minimum Gasteiger partial charge on any atom is -0.324 e. The van der Waals surface area contributed by atoms with Crippen LogP contribution in [-0.4, -0.2) is 24.5 Å². The van der Waals surface area contributed by atoms with Crippen molar-refractivity contribution in [2.24, 2.45) is 5.73 Å². The van der Waals surface area contributed by atoms with Crippen molar-refractivity contribution in [3.63, 3.8) is 0 Å². The van der Waals surface area contributed by atoms with E-state index in [-0.39, 0.29) is 4.90 Å². The van der Waals surface area contributed by atoms with E-state index in [0.717, 1.165) is 6.26 Å². The van der Waals surface area contributed by atoms with Gasteiger partial charge in [0.2, 0.25) is 0 Å². The molecule has 0 aliphatic carbocycles. The minimum absolute atomic E-state index is 0.104. The summed E-state index contributed by atoms with van der Waals surface area (Å²) >= 11 is 0. The molecule has 0 amide bonds. The lowest BCUT2D eigenvalue weighted by Gasteiger charge is -2.12. The summed E-state index contributed by atoms with van der Waals surface area (Å²) in [4.78, 5) is 0.104. The Morgan fingerprint density at radius 3 is 2.63 bits per heavy atom. The molecule has 2 N–H and O–H groups in total. The number of hydrogen-bond donors (Lipinski definition) is 1. The van der Waals surface area contributed by atoms with Gasteiger partial charge >= 0.3 is 0 Å². The summed E-state index contributed by atoms with van der Waals surface area (Å²) in [6.07, 6.45) is 3.74. The molecule has 1 aromatic heterocycles. The maximum atomic E-state index is 13.2. The Morgan fingerprint density at radius 1 is 1.42 bits per heavy atom. The molecule has 0 aliphatic heterocycles. The topological polar surface area (TPSA) is 78.0 Å². The van der Waals surface area contributed by atoms with Crippen LogP contribution in [0.2, 0.25) is 0 Å². The zero-order valence-electron chi connectivity index (χ0n) is 10.5. The van der Waals surface area contributed by atoms with E-state index in [4.69, 9.17) is 5.73 Å². The summed E-state index contributed by atoms with van der Waals surface area (Å²) in [7, 11) is -3.32. The van der Waals surface area contributed by atoms with Gasteiger partial charge in [0.1, 0.15) is 10.7 Å². The second-order valence-electron chi connectivity index (χ2n) is 4.38. The number of nitrogens with zero attached hydrogens (tertiary/aromatic N) is 2. The van der Waals surface area contributed by atoms with E-state index in [9.17, 15) is 12.8 Å². The third kappa shape index (κ3) is 2.82. The van der Waals surface area contributed by atoms with Crippen molar-refractivity contribution < 1.29 is 12.8 Å². The summed E-state index contributed by atoms with van der Waals surface area (Å²) in [5, 5.41) is 3.99. The van der Waals surface area contributed by atoms with Crippen LogP contribution < -0.4 is 5.73 Å². The summed E-state index contributed by atoms with van der Waals surface area (Å²) in [5.74, 6) is -0.397. The second kappa shape index (κ2) is 4.75. The highest BCUT2D eigenvalue weighted by Gasteiger charge is 2.14. The van der Waals surface area contributed by atoms with Crippen molar-refractivity contribution in [3.05, 3.63) is 42.0 Å². The average Bonchev–Trinajstić information content (AvgIpc) is 2.77. The van der Waals surface area contributed by atoms with E-state index in [1.54, 1.807) is 6.92 Å². The molecule has 7 heteroatoms. The van der Waals surface area contributed by atoms with Gasteiger partial charge in [-0.05, 0) is 30.7 Å². The van der Waals surface area contributed by atoms with Crippen molar-refractivity contribution in [3.8, 4) is 5.69 Å². The van der Waals surface area contributed by atoms with E-state index in [0.29, 0.717) is 11.3 Å². The first kappa shape index (κ1) is 13.7. The molecule has 0 fully saturated rings. The zero-order valence-corrected chi connectivity index (χ0v) is 11.4. The SMILES string of the molecule is C[C@@H](N)c1cc(F)ccc1-n1cc(S(C)(=O)=O)cn1. The van der Waals surface area contributed by atoms with Crippen molar-refractivity contribution in [2.75, 3.05) is 6.26 Å². The lowest BCUT2D eigenvalue weighted by Crippen LogP contribution is -2.10. The molecule has 1 heterocycles. The molecule has 19 heavy (non-hydrogen) atoms. The van der Waals surface area contributed by atoms with Gasteiger partial charge in [0, 0.05) is 18.5 Å². The van der Waals surface area contributed by atoms with Gasteiger partial charge in [-0.1, -0.05) is 0 Å². The van der Waals surface area contributed by atoms with Crippen LogP contribution in [0.1, 0.15) is 18.5 Å². The number of aromatic nitrogens is 2. The Hall–Kier alpha value is -1.73. The minimum atomic E-state index is -3.32. The quantitative estimate of drug-likeness (QED) is 0.924. The summed E-state index contributed by atoms with van der Waals surface area (Å²) in [6, 6.07) is 3.73. The third-order valence-corrected chi connectivity index (χ3v) is 3.78. The van der Waals surface area contributed by atoms with Gasteiger partial charge in [0.15, 0.2) is 9.84 Å². The van der Waals surface area contributed by atoms with E-state index in [1.807, 2.05) is 0 Å². The van der Waals surface area contributed by atoms with Gasteiger partial charge in [0.25, 0.3) is 0 Å². The van der Waals surface area contributed by atoms with Gasteiger partial charge in [-0.15, -0.1) is 0 Å². The van der Waals surface area contributed by atoms with Crippen LogP contribution in [0.4, 0.5) is 4.39 Å². The first-order valence-corrected chi connectivity index (χ1v) is 7.48. The summed E-state index contributed by atoms with van der Waals surface area (Å²) < 4.78 is 37.4. The van der Waals surface area contributed by atoms with Crippen LogP contribution in [0.5, 0.6) is 0 Å². The highest BCUT2D eigenvalue weighted by atomic mass is 32.2. The number of benzene rings is 1. The Bertz CT molecular complexity index is 708. The highest BCUT2D eigenvalue weighted by Crippen LogP contribution is 2.22. The molecule has 5 nitrogen and oxygen atoms in total. The molecule has 102 valence electrons. The molecule has 1 atom stereocenters. The fraction of sp³-hybridized carbons (Fsp3) is 0.250. The molecule has 0 spiro atoms. The molecule has 2 rings (SSSR count). The molecule has 0 saturated heterocycles. The molecular formula is C12H14FN3O2S. The fourth-order valence-electron chi connectivity index (χ4n) is 1.73. The molecule has 0 unspecified atom stereocenters. The van der Waals surface area contributed by atoms with Crippen molar-refractivity contribution >= 4 is 9.84 Å². The Balaban J connectivity index is 2.56. The zero-order chi connectivity index (χ0) is 14.2. The molecule has 2 aromatic rings. The first-order chi connectivity index (χ1) is 8.79. The molecule has 0 bridgehead atoms. The summed E-state index contributed by atoms with van der Waals surface area (Å²) in [5.41, 5.74) is 6.91. The van der Waals surface area contributed by atoms with Crippen LogP contribution >= 0.6 is 0 Å². The van der Waals surface area contributed by atoms with Crippen molar-refractivity contribution in [1.29, 1.82) is 0 Å². The van der Waals surface area contributed by atoms with E-state index < -0.39 is 21.7 Å². The summed E-state index contributed by atoms with van der Waals surface area (Å²) in [6.45, 7) is 1.72. The Labute approximate surface area is 110 Å². The number of halogens is 1. The number of rotatable bonds is 3. The molecule has 1 aromatic carbocycles. The molecular weight excluding hydrogens is 269 g/mol. The fourth-order valence-corrected chi connectivity index (χ4v) is 2.26. The third-order valence-electron chi connectivity index (χ3n) is 2.71. The first-order valence-electron chi connectivity index (χ1n) is 5.59. The number of hydrogen-bond acceptors (Lipinski definition) is 4. The average molecular weight is 283 g/mol. The maximum absolute atomic E-state index is 13.2. The smallest absolute Gasteiger partial charge is 0.178 e. The van der Waals surface area contributed by atoms with Crippen LogP contribution in [0.15, 0.2) is 35.5 Å². The Morgan fingerprint density at radius 2 is 2.11 bits per heavy atom. The number of nitrogens with two attached hydrogens (primary N) is 1. The van der Waals surface area contributed by atoms with Crippen LogP contribution in [0.3, 0.4) is 0 Å². The van der Waals surface area contributed by atoms with Gasteiger partial charge < -0.3 is 5.73 Å². The van der Waals surface area contributed by atoms with E-state index in [1.165, 1.54) is 35.3 Å². The maximum Gasteiger partial charge on any atom is 0.178 e. The molecule has 0 radical (unpaired) electrons. The van der Waals surface area contributed by atoms with Crippen LogP contribution in [0.25, 0.3) is 5.69 Å². The largest absolute Gasteiger partial charge is 0.324 e. The lowest BCUT2D eigenvalue weighted by atomic mass is 10.1. The lowest BCUT2D eigenvalue weighted by molar-refractivity contribution is 0.601. The highest BCUT2D eigenvalue weighted by molar-refractivity contribution is 7.90. The monoisotopic (exact) mass is 283 g/mol. The Kier molecular flexibility index (Phi) is 3.42. The van der Waals surface area contributed by atoms with E-state index in [2.05, 4.69) is 5.10 Å². The van der Waals surface area contributed by atoms with Gasteiger partial charge in [-0.25, -0.2) is 17.5 Å². The normalized spacial score (nSPS) is 13.5. The van der Waals surface area contributed by atoms with Crippen LogP contribution in [0, 0.1) is 5.82 Å². The van der Waals surface area contributed by atoms with Crippen LogP contribution in [-0.2, 0) is 9.84 Å². The molecule has 0 saturated carbocycles. The molecule has 0 aliphatic rings.